The summed E-state index contributed by atoms with van der Waals surface area (Å²) >= 11 is 3.64. The Morgan fingerprint density at radius 2 is 1.61 bits per heavy atom. The van der Waals surface area contributed by atoms with Gasteiger partial charge in [-0.15, -0.1) is 23.5 Å². The molecule has 0 saturated carbocycles. The lowest BCUT2D eigenvalue weighted by Gasteiger charge is -2.25. The molecule has 0 aromatic heterocycles. The lowest BCUT2D eigenvalue weighted by molar-refractivity contribution is 0.254. The Balaban J connectivity index is 2.39. The van der Waals surface area contributed by atoms with E-state index in [-0.39, 0.29) is 17.3 Å². The molecule has 1 aromatic carbocycles. The number of aliphatic hydroxyl groups excluding tert-OH is 2. The molecule has 0 atom stereocenters. The zero-order valence-corrected chi connectivity index (χ0v) is 12.7. The molecule has 18 heavy (non-hydrogen) atoms. The van der Waals surface area contributed by atoms with E-state index in [0.29, 0.717) is 0 Å². The highest BCUT2D eigenvalue weighted by Crippen LogP contribution is 2.60. The Hall–Kier alpha value is -0.160. The maximum atomic E-state index is 9.27. The molecule has 0 aliphatic carbocycles. The first-order chi connectivity index (χ1) is 8.53. The van der Waals surface area contributed by atoms with Crippen molar-refractivity contribution in [3.05, 3.63) is 22.8 Å². The van der Waals surface area contributed by atoms with Crippen LogP contribution < -0.4 is 0 Å². The van der Waals surface area contributed by atoms with Crippen molar-refractivity contribution in [1.29, 1.82) is 0 Å². The molecule has 0 saturated heterocycles. The van der Waals surface area contributed by atoms with Crippen LogP contribution in [0.25, 0.3) is 0 Å². The van der Waals surface area contributed by atoms with E-state index in [1.807, 2.05) is 23.5 Å². The second kappa shape index (κ2) is 5.45. The van der Waals surface area contributed by atoms with Crippen LogP contribution in [0.2, 0.25) is 0 Å². The van der Waals surface area contributed by atoms with Gasteiger partial charge in [-0.05, 0) is 56.4 Å². The molecule has 0 radical (unpaired) electrons. The van der Waals surface area contributed by atoms with Crippen molar-refractivity contribution in [2.75, 3.05) is 13.2 Å². The quantitative estimate of drug-likeness (QED) is 0.890. The summed E-state index contributed by atoms with van der Waals surface area (Å²) in [7, 11) is 0. The molecule has 0 amide bonds. The van der Waals surface area contributed by atoms with E-state index in [2.05, 4.69) is 26.8 Å². The molecule has 0 unspecified atom stereocenters. The summed E-state index contributed by atoms with van der Waals surface area (Å²) in [5, 5.41) is 18.5. The highest BCUT2D eigenvalue weighted by atomic mass is 32.2. The van der Waals surface area contributed by atoms with Crippen LogP contribution in [-0.2, 0) is 0 Å². The molecule has 2 rings (SSSR count). The number of fused-ring (bicyclic) bond motifs is 1. The van der Waals surface area contributed by atoms with Gasteiger partial charge >= 0.3 is 0 Å². The molecular formula is C14H20O2S2. The van der Waals surface area contributed by atoms with Crippen LogP contribution >= 0.6 is 23.5 Å². The van der Waals surface area contributed by atoms with Gasteiger partial charge < -0.3 is 10.2 Å². The summed E-state index contributed by atoms with van der Waals surface area (Å²) in [5.74, 6) is 0. The fourth-order valence-corrected chi connectivity index (χ4v) is 5.73. The van der Waals surface area contributed by atoms with E-state index in [9.17, 15) is 10.2 Å². The Morgan fingerprint density at radius 3 is 2.17 bits per heavy atom. The molecule has 4 heteroatoms. The van der Waals surface area contributed by atoms with E-state index in [1.54, 1.807) is 0 Å². The zero-order valence-electron chi connectivity index (χ0n) is 11.1. The van der Waals surface area contributed by atoms with Crippen molar-refractivity contribution in [1.82, 2.24) is 0 Å². The van der Waals surface area contributed by atoms with Crippen molar-refractivity contribution >= 4 is 23.5 Å². The highest BCUT2D eigenvalue weighted by molar-refractivity contribution is 8.20. The minimum atomic E-state index is -0.0865. The third kappa shape index (κ3) is 2.44. The number of benzene rings is 1. The molecule has 1 aromatic rings. The van der Waals surface area contributed by atoms with E-state index in [1.165, 1.54) is 26.5 Å². The van der Waals surface area contributed by atoms with E-state index in [0.717, 1.165) is 12.8 Å². The predicted octanol–water partition coefficient (Wildman–Crippen LogP) is 3.27. The summed E-state index contributed by atoms with van der Waals surface area (Å²) in [6.45, 7) is 6.82. The molecular weight excluding hydrogens is 264 g/mol. The van der Waals surface area contributed by atoms with Crippen LogP contribution in [-0.4, -0.2) is 27.5 Å². The summed E-state index contributed by atoms with van der Waals surface area (Å²) in [4.78, 5) is 2.65. The van der Waals surface area contributed by atoms with Gasteiger partial charge in [0.2, 0.25) is 0 Å². The van der Waals surface area contributed by atoms with Crippen molar-refractivity contribution < 1.29 is 10.2 Å². The number of hydrogen-bond acceptors (Lipinski definition) is 4. The average molecular weight is 284 g/mol. The van der Waals surface area contributed by atoms with Gasteiger partial charge in [-0.25, -0.2) is 0 Å². The van der Waals surface area contributed by atoms with Gasteiger partial charge in [-0.1, -0.05) is 0 Å². The Kier molecular flexibility index (Phi) is 4.32. The Bertz CT molecular complexity index is 452. The minimum absolute atomic E-state index is 0.0865. The van der Waals surface area contributed by atoms with Crippen LogP contribution in [0.15, 0.2) is 15.9 Å². The number of aliphatic hydroxyl groups is 2. The second-order valence-electron chi connectivity index (χ2n) is 4.83. The lowest BCUT2D eigenvalue weighted by atomic mass is 10.0. The molecule has 1 aliphatic rings. The average Bonchev–Trinajstić information content (AvgIpc) is 2.66. The number of aryl methyl sites for hydroxylation is 1. The second-order valence-corrected chi connectivity index (χ2v) is 7.91. The Morgan fingerprint density at radius 1 is 1.00 bits per heavy atom. The summed E-state index contributed by atoms with van der Waals surface area (Å²) in [5.41, 5.74) is 4.02. The van der Waals surface area contributed by atoms with Gasteiger partial charge in [0.25, 0.3) is 0 Å². The topological polar surface area (TPSA) is 40.5 Å². The molecule has 0 fully saturated rings. The molecule has 1 aliphatic heterocycles. The summed E-state index contributed by atoms with van der Waals surface area (Å²) in [6, 6.07) is 2.24. The van der Waals surface area contributed by atoms with Crippen molar-refractivity contribution in [3.8, 4) is 0 Å². The lowest BCUT2D eigenvalue weighted by Crippen LogP contribution is -2.20. The fourth-order valence-electron chi connectivity index (χ4n) is 2.30. The van der Waals surface area contributed by atoms with Crippen molar-refractivity contribution in [2.24, 2.45) is 0 Å². The number of hydrogen-bond donors (Lipinski definition) is 2. The molecule has 1 heterocycles. The maximum Gasteiger partial charge on any atom is 0.0749 e. The first kappa shape index (κ1) is 14.3. The van der Waals surface area contributed by atoms with Crippen LogP contribution in [0.4, 0.5) is 0 Å². The maximum absolute atomic E-state index is 9.27. The first-order valence-electron chi connectivity index (χ1n) is 6.23. The molecule has 2 N–H and O–H groups in total. The van der Waals surface area contributed by atoms with Gasteiger partial charge in [0.05, 0.1) is 4.08 Å². The largest absolute Gasteiger partial charge is 0.396 e. The smallest absolute Gasteiger partial charge is 0.0749 e. The van der Waals surface area contributed by atoms with Crippen molar-refractivity contribution in [3.63, 3.8) is 0 Å². The van der Waals surface area contributed by atoms with Crippen LogP contribution in [0.1, 0.15) is 29.5 Å². The monoisotopic (exact) mass is 284 g/mol. The number of rotatable bonds is 4. The zero-order chi connectivity index (χ0) is 13.3. The van der Waals surface area contributed by atoms with Gasteiger partial charge in [0.1, 0.15) is 0 Å². The van der Waals surface area contributed by atoms with Gasteiger partial charge in [0, 0.05) is 23.0 Å². The number of thioether (sulfide) groups is 2. The van der Waals surface area contributed by atoms with E-state index >= 15 is 0 Å². The fraction of sp³-hybridized carbons (Fsp3) is 0.571. The van der Waals surface area contributed by atoms with Crippen LogP contribution in [0.5, 0.6) is 0 Å². The van der Waals surface area contributed by atoms with E-state index in [4.69, 9.17) is 0 Å². The molecule has 0 spiro atoms. The normalized spacial score (nSPS) is 16.9. The highest BCUT2D eigenvalue weighted by Gasteiger charge is 2.39. The predicted molar refractivity (Wildman–Crippen MR) is 78.5 cm³/mol. The first-order valence-corrected chi connectivity index (χ1v) is 7.87. The molecule has 100 valence electrons. The SMILES string of the molecule is Cc1cc2c(c(C)c1C)SC(CCO)(CCO)S2. The van der Waals surface area contributed by atoms with Gasteiger partial charge in [-0.3, -0.25) is 0 Å². The van der Waals surface area contributed by atoms with Crippen molar-refractivity contribution in [2.45, 2.75) is 47.5 Å². The van der Waals surface area contributed by atoms with Gasteiger partial charge in [0.15, 0.2) is 0 Å². The summed E-state index contributed by atoms with van der Waals surface area (Å²) in [6.07, 6.45) is 1.43. The standard InChI is InChI=1S/C14H20O2S2/c1-9-8-12-13(11(3)10(9)2)18-14(17-12,4-6-15)5-7-16/h8,15-16H,4-7H2,1-3H3. The molecule has 2 nitrogen and oxygen atoms in total. The van der Waals surface area contributed by atoms with Crippen LogP contribution in [0, 0.1) is 20.8 Å². The van der Waals surface area contributed by atoms with E-state index < -0.39 is 0 Å². The molecule has 0 bridgehead atoms. The summed E-state index contributed by atoms with van der Waals surface area (Å²) < 4.78 is -0.0865. The minimum Gasteiger partial charge on any atom is -0.396 e. The third-order valence-corrected chi connectivity index (χ3v) is 7.10. The van der Waals surface area contributed by atoms with Gasteiger partial charge in [-0.2, -0.15) is 0 Å². The Labute approximate surface area is 117 Å². The van der Waals surface area contributed by atoms with Crippen LogP contribution in [0.3, 0.4) is 0 Å². The third-order valence-electron chi connectivity index (χ3n) is 3.64.